The number of hydrogen-bond acceptors (Lipinski definition) is 4. The number of nitrogens with two attached hydrogens (primary N) is 1. The van der Waals surface area contributed by atoms with Crippen molar-refractivity contribution in [2.75, 3.05) is 13.1 Å². The van der Waals surface area contributed by atoms with Gasteiger partial charge in [-0.2, -0.15) is 0 Å². The first-order valence-electron chi connectivity index (χ1n) is 5.98. The number of halogens is 1. The molecule has 0 bridgehead atoms. The van der Waals surface area contributed by atoms with Crippen molar-refractivity contribution in [3.63, 3.8) is 0 Å². The van der Waals surface area contributed by atoms with Crippen LogP contribution in [0.5, 0.6) is 0 Å². The Morgan fingerprint density at radius 2 is 2.33 bits per heavy atom. The summed E-state index contributed by atoms with van der Waals surface area (Å²) < 4.78 is 0. The Kier molecular flexibility index (Phi) is 4.16. The molecule has 1 aliphatic heterocycles. The minimum Gasteiger partial charge on any atom is -0.329 e. The summed E-state index contributed by atoms with van der Waals surface area (Å²) in [5.74, 6) is 0. The third-order valence-corrected chi connectivity index (χ3v) is 3.62. The van der Waals surface area contributed by atoms with E-state index in [1.165, 1.54) is 6.07 Å². The van der Waals surface area contributed by atoms with Gasteiger partial charge in [0, 0.05) is 35.8 Å². The van der Waals surface area contributed by atoms with Crippen LogP contribution in [0.2, 0.25) is 5.02 Å². The van der Waals surface area contributed by atoms with Crippen LogP contribution in [0.1, 0.15) is 18.4 Å². The lowest BCUT2D eigenvalue weighted by Crippen LogP contribution is -2.35. The van der Waals surface area contributed by atoms with E-state index in [2.05, 4.69) is 4.90 Å². The van der Waals surface area contributed by atoms with Gasteiger partial charge < -0.3 is 5.73 Å². The molecule has 2 rings (SSSR count). The number of hydrogen-bond donors (Lipinski definition) is 1. The molecule has 1 unspecified atom stereocenters. The van der Waals surface area contributed by atoms with Crippen molar-refractivity contribution in [1.29, 1.82) is 0 Å². The molecule has 1 aromatic rings. The number of benzene rings is 1. The Labute approximate surface area is 111 Å². The lowest BCUT2D eigenvalue weighted by Gasteiger charge is -2.22. The van der Waals surface area contributed by atoms with Gasteiger partial charge in [0.25, 0.3) is 5.69 Å². The fourth-order valence-electron chi connectivity index (χ4n) is 2.45. The van der Waals surface area contributed by atoms with Crippen molar-refractivity contribution in [2.45, 2.75) is 25.4 Å². The van der Waals surface area contributed by atoms with Crippen molar-refractivity contribution < 1.29 is 4.92 Å². The molecule has 1 aromatic carbocycles. The molecule has 18 heavy (non-hydrogen) atoms. The summed E-state index contributed by atoms with van der Waals surface area (Å²) in [4.78, 5) is 12.8. The van der Waals surface area contributed by atoms with Gasteiger partial charge in [-0.1, -0.05) is 11.6 Å². The first kappa shape index (κ1) is 13.3. The Morgan fingerprint density at radius 3 is 3.00 bits per heavy atom. The maximum absolute atomic E-state index is 11.0. The standard InChI is InChI=1S/C12H16ClN3O2/c13-10-3-4-12(16(17)18)9(6-10)8-15-5-1-2-11(15)7-14/h3-4,6,11H,1-2,5,7-8,14H2. The van der Waals surface area contributed by atoms with E-state index in [-0.39, 0.29) is 10.6 Å². The van der Waals surface area contributed by atoms with Crippen LogP contribution < -0.4 is 5.73 Å². The van der Waals surface area contributed by atoms with E-state index in [1.54, 1.807) is 12.1 Å². The summed E-state index contributed by atoms with van der Waals surface area (Å²) >= 11 is 5.91. The Hall–Kier alpha value is -1.17. The van der Waals surface area contributed by atoms with Gasteiger partial charge in [-0.3, -0.25) is 15.0 Å². The van der Waals surface area contributed by atoms with Crippen LogP contribution in [0.15, 0.2) is 18.2 Å². The summed E-state index contributed by atoms with van der Waals surface area (Å²) in [6.07, 6.45) is 2.15. The van der Waals surface area contributed by atoms with Crippen molar-refractivity contribution in [3.8, 4) is 0 Å². The largest absolute Gasteiger partial charge is 0.329 e. The normalized spacial score (nSPS) is 20.2. The minimum atomic E-state index is -0.362. The molecule has 1 fully saturated rings. The van der Waals surface area contributed by atoms with Crippen LogP contribution >= 0.6 is 11.6 Å². The predicted octanol–water partition coefficient (Wildman–Crippen LogP) is 2.17. The quantitative estimate of drug-likeness (QED) is 0.672. The fourth-order valence-corrected chi connectivity index (χ4v) is 2.64. The highest BCUT2D eigenvalue weighted by molar-refractivity contribution is 6.30. The lowest BCUT2D eigenvalue weighted by atomic mass is 10.1. The second-order valence-electron chi connectivity index (χ2n) is 4.53. The molecule has 2 N–H and O–H groups in total. The van der Waals surface area contributed by atoms with Crippen LogP contribution in [-0.4, -0.2) is 29.0 Å². The van der Waals surface area contributed by atoms with Gasteiger partial charge in [0.1, 0.15) is 0 Å². The third kappa shape index (κ3) is 2.80. The molecule has 0 spiro atoms. The number of nitro groups is 1. The van der Waals surface area contributed by atoms with Crippen LogP contribution in [-0.2, 0) is 6.54 Å². The highest BCUT2D eigenvalue weighted by Crippen LogP contribution is 2.27. The highest BCUT2D eigenvalue weighted by Gasteiger charge is 2.25. The smallest absolute Gasteiger partial charge is 0.273 e. The minimum absolute atomic E-state index is 0.127. The zero-order chi connectivity index (χ0) is 13.1. The SMILES string of the molecule is NCC1CCCN1Cc1cc(Cl)ccc1[N+](=O)[O-]. The number of likely N-dealkylation sites (tertiary alicyclic amines) is 1. The molecule has 5 nitrogen and oxygen atoms in total. The summed E-state index contributed by atoms with van der Waals surface area (Å²) in [6, 6.07) is 5.01. The molecule has 6 heteroatoms. The zero-order valence-electron chi connectivity index (χ0n) is 10.0. The van der Waals surface area contributed by atoms with Gasteiger partial charge in [0.05, 0.1) is 4.92 Å². The number of nitrogens with zero attached hydrogens (tertiary/aromatic N) is 2. The monoisotopic (exact) mass is 269 g/mol. The average Bonchev–Trinajstić information content (AvgIpc) is 2.76. The van der Waals surface area contributed by atoms with Crippen LogP contribution in [0.25, 0.3) is 0 Å². The van der Waals surface area contributed by atoms with E-state index in [0.717, 1.165) is 19.4 Å². The van der Waals surface area contributed by atoms with Crippen LogP contribution in [0.3, 0.4) is 0 Å². The zero-order valence-corrected chi connectivity index (χ0v) is 10.8. The second-order valence-corrected chi connectivity index (χ2v) is 4.97. The first-order chi connectivity index (χ1) is 8.61. The molecule has 1 aliphatic rings. The maximum atomic E-state index is 11.0. The predicted molar refractivity (Wildman–Crippen MR) is 70.6 cm³/mol. The van der Waals surface area contributed by atoms with Crippen molar-refractivity contribution >= 4 is 17.3 Å². The molecule has 0 saturated carbocycles. The van der Waals surface area contributed by atoms with Crippen molar-refractivity contribution in [2.24, 2.45) is 5.73 Å². The van der Waals surface area contributed by atoms with Crippen molar-refractivity contribution in [3.05, 3.63) is 38.9 Å². The Balaban J connectivity index is 2.22. The van der Waals surface area contributed by atoms with Gasteiger partial charge in [-0.15, -0.1) is 0 Å². The molecular formula is C12H16ClN3O2. The topological polar surface area (TPSA) is 72.4 Å². The molecule has 98 valence electrons. The van der Waals surface area contributed by atoms with Gasteiger partial charge in [0.15, 0.2) is 0 Å². The average molecular weight is 270 g/mol. The van der Waals surface area contributed by atoms with Gasteiger partial charge in [-0.25, -0.2) is 0 Å². The van der Waals surface area contributed by atoms with Crippen LogP contribution in [0.4, 0.5) is 5.69 Å². The van der Waals surface area contributed by atoms with Crippen LogP contribution in [0, 0.1) is 10.1 Å². The summed E-state index contributed by atoms with van der Waals surface area (Å²) in [5.41, 5.74) is 6.49. The highest BCUT2D eigenvalue weighted by atomic mass is 35.5. The second kappa shape index (κ2) is 5.65. The van der Waals surface area contributed by atoms with E-state index >= 15 is 0 Å². The molecule has 1 atom stereocenters. The molecule has 0 radical (unpaired) electrons. The summed E-state index contributed by atoms with van der Waals surface area (Å²) in [7, 11) is 0. The van der Waals surface area contributed by atoms with E-state index in [4.69, 9.17) is 17.3 Å². The lowest BCUT2D eigenvalue weighted by molar-refractivity contribution is -0.385. The van der Waals surface area contributed by atoms with E-state index in [9.17, 15) is 10.1 Å². The molecule has 1 saturated heterocycles. The van der Waals surface area contributed by atoms with Gasteiger partial charge in [0.2, 0.25) is 0 Å². The first-order valence-corrected chi connectivity index (χ1v) is 6.36. The van der Waals surface area contributed by atoms with Crippen molar-refractivity contribution in [1.82, 2.24) is 4.90 Å². The Morgan fingerprint density at radius 1 is 1.56 bits per heavy atom. The summed E-state index contributed by atoms with van der Waals surface area (Å²) in [6.45, 7) is 2.07. The summed E-state index contributed by atoms with van der Waals surface area (Å²) in [5, 5.41) is 11.5. The molecular weight excluding hydrogens is 254 g/mol. The van der Waals surface area contributed by atoms with E-state index in [0.29, 0.717) is 29.7 Å². The molecule has 0 amide bonds. The van der Waals surface area contributed by atoms with Gasteiger partial charge in [-0.05, 0) is 31.5 Å². The fraction of sp³-hybridized carbons (Fsp3) is 0.500. The number of nitro benzene ring substituents is 1. The molecule has 0 aliphatic carbocycles. The molecule has 1 heterocycles. The Bertz CT molecular complexity index is 453. The van der Waals surface area contributed by atoms with Gasteiger partial charge >= 0.3 is 0 Å². The van der Waals surface area contributed by atoms with E-state index < -0.39 is 0 Å². The number of rotatable bonds is 4. The molecule has 0 aromatic heterocycles. The van der Waals surface area contributed by atoms with E-state index in [1.807, 2.05) is 0 Å². The third-order valence-electron chi connectivity index (χ3n) is 3.38. The maximum Gasteiger partial charge on any atom is 0.273 e.